The quantitative estimate of drug-likeness (QED) is 0.170. The van der Waals surface area contributed by atoms with E-state index in [4.69, 9.17) is 4.74 Å². The minimum absolute atomic E-state index is 0.247. The summed E-state index contributed by atoms with van der Waals surface area (Å²) in [4.78, 5) is 15.1. The van der Waals surface area contributed by atoms with Gasteiger partial charge in [0.1, 0.15) is 12.4 Å². The molecule has 0 unspecified atom stereocenters. The maximum absolute atomic E-state index is 12.8. The van der Waals surface area contributed by atoms with Crippen molar-refractivity contribution in [1.29, 1.82) is 0 Å². The van der Waals surface area contributed by atoms with Gasteiger partial charge >= 0.3 is 0 Å². The fourth-order valence-corrected chi connectivity index (χ4v) is 5.43. The number of amides is 1. The lowest BCUT2D eigenvalue weighted by Gasteiger charge is -2.22. The number of carbonyl (C=O) groups is 1. The van der Waals surface area contributed by atoms with Crippen LogP contribution in [-0.4, -0.2) is 5.91 Å². The number of fused-ring (bicyclic) bond motifs is 2. The Bertz CT molecular complexity index is 1680. The molecule has 6 rings (SSSR count). The summed E-state index contributed by atoms with van der Waals surface area (Å²) < 4.78 is 6.13. The van der Waals surface area contributed by atoms with Crippen molar-refractivity contribution in [2.75, 3.05) is 5.32 Å². The van der Waals surface area contributed by atoms with E-state index in [2.05, 4.69) is 59.1 Å². The van der Waals surface area contributed by atoms with Crippen LogP contribution in [-0.2, 0) is 6.61 Å². The van der Waals surface area contributed by atoms with E-state index in [-0.39, 0.29) is 5.91 Å². The second-order valence-electron chi connectivity index (χ2n) is 9.34. The van der Waals surface area contributed by atoms with Gasteiger partial charge in [0, 0.05) is 26.5 Å². The van der Waals surface area contributed by atoms with Crippen LogP contribution in [0.5, 0.6) is 5.75 Å². The first-order valence-electron chi connectivity index (χ1n) is 12.9. The van der Waals surface area contributed by atoms with Crippen LogP contribution < -0.4 is 20.9 Å². The molecule has 0 radical (unpaired) electrons. The minimum Gasteiger partial charge on any atom is -0.488 e. The zero-order valence-electron chi connectivity index (χ0n) is 21.7. The fraction of sp³-hybridized carbons (Fsp3) is 0.0294. The Morgan fingerprint density at radius 3 is 2.27 bits per heavy atom. The van der Waals surface area contributed by atoms with Gasteiger partial charge in [0.15, 0.2) is 0 Å². The van der Waals surface area contributed by atoms with Gasteiger partial charge in [-0.3, -0.25) is 15.6 Å². The molecule has 1 amide bonds. The number of ether oxygens (including phenoxy) is 1. The third-order valence-electron chi connectivity index (χ3n) is 6.61. The largest absolute Gasteiger partial charge is 0.488 e. The predicted molar refractivity (Wildman–Crippen MR) is 163 cm³/mol. The summed E-state index contributed by atoms with van der Waals surface area (Å²) in [6, 6.07) is 39.9. The molecule has 0 spiro atoms. The van der Waals surface area contributed by atoms with Crippen LogP contribution in [0.1, 0.15) is 21.5 Å². The Balaban J connectivity index is 1.04. The highest BCUT2D eigenvalue weighted by molar-refractivity contribution is 7.99. The van der Waals surface area contributed by atoms with Crippen molar-refractivity contribution in [2.45, 2.75) is 16.4 Å². The van der Waals surface area contributed by atoms with Crippen LogP contribution in [0.4, 0.5) is 11.4 Å². The first kappa shape index (κ1) is 25.3. The predicted octanol–water partition coefficient (Wildman–Crippen LogP) is 8.05. The molecular formula is C34H27N3O2S. The lowest BCUT2D eigenvalue weighted by Crippen LogP contribution is -2.35. The van der Waals surface area contributed by atoms with Crippen molar-refractivity contribution in [1.82, 2.24) is 10.9 Å². The van der Waals surface area contributed by atoms with Crippen LogP contribution in [0.15, 0.2) is 138 Å². The Labute approximate surface area is 237 Å². The summed E-state index contributed by atoms with van der Waals surface area (Å²) in [6.07, 6.45) is 0. The van der Waals surface area contributed by atoms with E-state index < -0.39 is 0 Å². The third kappa shape index (κ3) is 5.58. The summed E-state index contributed by atoms with van der Waals surface area (Å²) in [5, 5.41) is 3.48. The normalized spacial score (nSPS) is 11.4. The number of hydrogen-bond donors (Lipinski definition) is 3. The summed E-state index contributed by atoms with van der Waals surface area (Å²) in [5.41, 5.74) is 12.9. The van der Waals surface area contributed by atoms with Crippen molar-refractivity contribution in [3.8, 4) is 16.9 Å². The minimum atomic E-state index is -0.247. The number of rotatable bonds is 8. The molecule has 0 saturated carbocycles. The molecule has 40 heavy (non-hydrogen) atoms. The van der Waals surface area contributed by atoms with E-state index in [0.29, 0.717) is 17.9 Å². The fourth-order valence-electron chi connectivity index (χ4n) is 4.47. The van der Waals surface area contributed by atoms with Crippen LogP contribution in [0, 0.1) is 0 Å². The molecule has 0 fully saturated rings. The number of hydrogen-bond acceptors (Lipinski definition) is 5. The van der Waals surface area contributed by atoms with Gasteiger partial charge in [0.25, 0.3) is 5.91 Å². The van der Waals surface area contributed by atoms with Crippen molar-refractivity contribution in [3.05, 3.63) is 145 Å². The van der Waals surface area contributed by atoms with E-state index in [1.165, 1.54) is 4.90 Å². The molecule has 1 aliphatic heterocycles. The summed E-state index contributed by atoms with van der Waals surface area (Å²) in [6.45, 7) is 4.50. The van der Waals surface area contributed by atoms with Gasteiger partial charge in [-0.25, -0.2) is 0 Å². The van der Waals surface area contributed by atoms with Gasteiger partial charge in [-0.2, -0.15) is 0 Å². The molecule has 6 heteroatoms. The van der Waals surface area contributed by atoms with Gasteiger partial charge in [0.05, 0.1) is 17.1 Å². The molecule has 5 nitrogen and oxygen atoms in total. The summed E-state index contributed by atoms with van der Waals surface area (Å²) in [5.74, 6) is 0.571. The van der Waals surface area contributed by atoms with Gasteiger partial charge in [-0.1, -0.05) is 97.2 Å². The molecule has 0 bridgehead atoms. The lowest BCUT2D eigenvalue weighted by atomic mass is 10.0. The highest BCUT2D eigenvalue weighted by Gasteiger charge is 2.16. The average Bonchev–Trinajstić information content (AvgIpc) is 3.02. The van der Waals surface area contributed by atoms with E-state index in [0.717, 1.165) is 44.3 Å². The molecule has 1 aliphatic rings. The molecule has 0 aliphatic carbocycles. The molecule has 0 aromatic heterocycles. The number of para-hydroxylation sites is 2. The first-order chi connectivity index (χ1) is 19.6. The van der Waals surface area contributed by atoms with Crippen molar-refractivity contribution in [2.24, 2.45) is 0 Å². The molecular weight excluding hydrogens is 514 g/mol. The molecule has 5 aromatic carbocycles. The zero-order valence-corrected chi connectivity index (χ0v) is 22.5. The Hall–Kier alpha value is -4.94. The van der Waals surface area contributed by atoms with Gasteiger partial charge in [0.2, 0.25) is 0 Å². The topological polar surface area (TPSA) is 62.4 Å². The molecule has 3 N–H and O–H groups in total. The maximum atomic E-state index is 12.8. The third-order valence-corrected chi connectivity index (χ3v) is 7.77. The molecule has 5 aromatic rings. The number of anilines is 2. The molecule has 196 valence electrons. The Morgan fingerprint density at radius 2 is 1.43 bits per heavy atom. The SMILES string of the molecule is C=C(NNC(=O)c1ccc(COc2ccccc2-c2ccccc2)cc1)c1ccc2c(c1)Nc1ccccc1S2. The van der Waals surface area contributed by atoms with E-state index in [1.807, 2.05) is 72.8 Å². The van der Waals surface area contributed by atoms with E-state index >= 15 is 0 Å². The van der Waals surface area contributed by atoms with Crippen LogP contribution >= 0.6 is 11.8 Å². The van der Waals surface area contributed by atoms with Crippen molar-refractivity contribution < 1.29 is 9.53 Å². The molecule has 1 heterocycles. The number of hydrazine groups is 1. The van der Waals surface area contributed by atoms with Gasteiger partial charge in [-0.15, -0.1) is 0 Å². The number of carbonyl (C=O) groups excluding carboxylic acids is 1. The second-order valence-corrected chi connectivity index (χ2v) is 10.4. The van der Waals surface area contributed by atoms with Gasteiger partial charge < -0.3 is 10.1 Å². The highest BCUT2D eigenvalue weighted by Crippen LogP contribution is 2.44. The monoisotopic (exact) mass is 541 g/mol. The standard InChI is InChI=1S/C34H27N3O2S/c1-23(27-19-20-33-30(21-27)35-29-12-6-8-14-32(29)40-33)36-37-34(38)26-17-15-24(16-18-26)22-39-31-13-7-5-11-28(31)25-9-3-2-4-10-25/h2-21,35-36H,1,22H2,(H,37,38). The van der Waals surface area contributed by atoms with Gasteiger partial charge in [-0.05, 0) is 53.6 Å². The highest BCUT2D eigenvalue weighted by atomic mass is 32.2. The van der Waals surface area contributed by atoms with Crippen molar-refractivity contribution in [3.63, 3.8) is 0 Å². The summed E-state index contributed by atoms with van der Waals surface area (Å²) >= 11 is 1.73. The smallest absolute Gasteiger partial charge is 0.269 e. The van der Waals surface area contributed by atoms with E-state index in [9.17, 15) is 4.79 Å². The number of nitrogens with one attached hydrogen (secondary N) is 3. The van der Waals surface area contributed by atoms with Crippen LogP contribution in [0.3, 0.4) is 0 Å². The van der Waals surface area contributed by atoms with Crippen LogP contribution in [0.25, 0.3) is 16.8 Å². The average molecular weight is 542 g/mol. The molecule has 0 saturated heterocycles. The Morgan fingerprint density at radius 1 is 0.725 bits per heavy atom. The first-order valence-corrected chi connectivity index (χ1v) is 13.8. The maximum Gasteiger partial charge on any atom is 0.269 e. The Kier molecular flexibility index (Phi) is 7.24. The van der Waals surface area contributed by atoms with E-state index in [1.54, 1.807) is 23.9 Å². The lowest BCUT2D eigenvalue weighted by molar-refractivity contribution is 0.0942. The zero-order chi connectivity index (χ0) is 27.3. The second kappa shape index (κ2) is 11.4. The van der Waals surface area contributed by atoms with Crippen LogP contribution in [0.2, 0.25) is 0 Å². The van der Waals surface area contributed by atoms with Crippen molar-refractivity contribution >= 4 is 34.7 Å². The molecule has 0 atom stereocenters. The summed E-state index contributed by atoms with van der Waals surface area (Å²) in [7, 11) is 0. The number of benzene rings is 5.